The van der Waals surface area contributed by atoms with Gasteiger partial charge in [-0.2, -0.15) is 0 Å². The molecule has 1 aliphatic rings. The van der Waals surface area contributed by atoms with Crippen molar-refractivity contribution >= 4 is 17.3 Å². The second kappa shape index (κ2) is 7.82. The molecule has 0 aliphatic carbocycles. The van der Waals surface area contributed by atoms with Crippen molar-refractivity contribution in [3.8, 4) is 11.5 Å². The minimum absolute atomic E-state index is 0.0782. The molecule has 7 heteroatoms. The van der Waals surface area contributed by atoms with Crippen molar-refractivity contribution in [2.75, 3.05) is 17.2 Å². The quantitative estimate of drug-likeness (QED) is 0.796. The molecule has 1 amide bonds. The number of anilines is 2. The fourth-order valence-corrected chi connectivity index (χ4v) is 2.97. The fraction of sp³-hybridized carbons (Fsp3) is 0.350. The molecule has 1 aliphatic heterocycles. The molecule has 0 unspecified atom stereocenters. The van der Waals surface area contributed by atoms with Gasteiger partial charge in [0, 0.05) is 18.1 Å². The van der Waals surface area contributed by atoms with Crippen LogP contribution in [0.4, 0.5) is 20.2 Å². The molecule has 144 valence electrons. The number of carbonyl (C=O) groups excluding carboxylic acids is 1. The predicted octanol–water partition coefficient (Wildman–Crippen LogP) is 4.13. The molecule has 0 spiro atoms. The van der Waals surface area contributed by atoms with E-state index in [0.717, 1.165) is 29.9 Å². The van der Waals surface area contributed by atoms with Crippen LogP contribution in [-0.2, 0) is 11.2 Å². The van der Waals surface area contributed by atoms with Gasteiger partial charge in [0.15, 0.2) is 0 Å². The standard InChI is InChI=1S/C20H22F2N2O3/c1-4-26-18-9-13-8-11(2)27-17(13)10-16(18)23-12(3)20(25)24-19-14(21)6-5-7-15(19)22/h5-7,9-12,23H,4,8H2,1-3H3,(H,24,25)/t11-,12+/m0/s1. The largest absolute Gasteiger partial charge is 0.492 e. The maximum atomic E-state index is 13.7. The number of halogens is 2. The van der Waals surface area contributed by atoms with E-state index in [9.17, 15) is 13.6 Å². The van der Waals surface area contributed by atoms with Gasteiger partial charge in [-0.05, 0) is 39.0 Å². The molecule has 27 heavy (non-hydrogen) atoms. The summed E-state index contributed by atoms with van der Waals surface area (Å²) < 4.78 is 38.9. The Morgan fingerprint density at radius 3 is 2.70 bits per heavy atom. The molecule has 3 rings (SSSR count). The van der Waals surface area contributed by atoms with Crippen LogP contribution in [0, 0.1) is 11.6 Å². The Morgan fingerprint density at radius 2 is 2.04 bits per heavy atom. The van der Waals surface area contributed by atoms with Gasteiger partial charge in [-0.15, -0.1) is 0 Å². The summed E-state index contributed by atoms with van der Waals surface area (Å²) in [6.07, 6.45) is 0.868. The summed E-state index contributed by atoms with van der Waals surface area (Å²) in [6.45, 7) is 5.91. The third-order valence-electron chi connectivity index (χ3n) is 4.27. The number of benzene rings is 2. The van der Waals surface area contributed by atoms with Gasteiger partial charge >= 0.3 is 0 Å². The summed E-state index contributed by atoms with van der Waals surface area (Å²) in [5, 5.41) is 5.32. The van der Waals surface area contributed by atoms with Gasteiger partial charge in [0.1, 0.15) is 41.0 Å². The van der Waals surface area contributed by atoms with Crippen molar-refractivity contribution in [2.45, 2.75) is 39.3 Å². The molecule has 0 radical (unpaired) electrons. The molecule has 1 heterocycles. The van der Waals surface area contributed by atoms with Crippen LogP contribution < -0.4 is 20.1 Å². The molecule has 0 aromatic heterocycles. The van der Waals surface area contributed by atoms with Crippen LogP contribution in [0.2, 0.25) is 0 Å². The van der Waals surface area contributed by atoms with Gasteiger partial charge in [-0.3, -0.25) is 4.79 Å². The summed E-state index contributed by atoms with van der Waals surface area (Å²) in [6, 6.07) is 6.33. The van der Waals surface area contributed by atoms with Crippen molar-refractivity contribution in [3.63, 3.8) is 0 Å². The fourth-order valence-electron chi connectivity index (χ4n) is 2.97. The number of ether oxygens (including phenoxy) is 2. The lowest BCUT2D eigenvalue weighted by Crippen LogP contribution is -2.32. The Kier molecular flexibility index (Phi) is 5.48. The summed E-state index contributed by atoms with van der Waals surface area (Å²) in [5.74, 6) is -0.890. The van der Waals surface area contributed by atoms with Gasteiger partial charge in [0.05, 0.1) is 12.3 Å². The number of rotatable bonds is 6. The van der Waals surface area contributed by atoms with Crippen molar-refractivity contribution < 1.29 is 23.0 Å². The molecule has 2 N–H and O–H groups in total. The van der Waals surface area contributed by atoms with Gasteiger partial charge in [0.2, 0.25) is 5.91 Å². The van der Waals surface area contributed by atoms with Crippen molar-refractivity contribution in [1.82, 2.24) is 0 Å². The van der Waals surface area contributed by atoms with Gasteiger partial charge < -0.3 is 20.1 Å². The van der Waals surface area contributed by atoms with E-state index in [1.807, 2.05) is 19.9 Å². The first-order chi connectivity index (χ1) is 12.9. The minimum atomic E-state index is -0.828. The molecule has 2 atom stereocenters. The molecule has 2 aromatic rings. The molecule has 0 bridgehead atoms. The molecule has 2 aromatic carbocycles. The van der Waals surface area contributed by atoms with E-state index in [1.165, 1.54) is 6.07 Å². The highest BCUT2D eigenvalue weighted by atomic mass is 19.1. The third-order valence-corrected chi connectivity index (χ3v) is 4.27. The summed E-state index contributed by atoms with van der Waals surface area (Å²) in [5.41, 5.74) is 1.16. The number of fused-ring (bicyclic) bond motifs is 1. The lowest BCUT2D eigenvalue weighted by Gasteiger charge is -2.19. The van der Waals surface area contributed by atoms with E-state index in [-0.39, 0.29) is 6.10 Å². The van der Waals surface area contributed by atoms with Crippen LogP contribution in [0.1, 0.15) is 26.3 Å². The molecular weight excluding hydrogens is 354 g/mol. The van der Waals surface area contributed by atoms with E-state index in [1.54, 1.807) is 13.0 Å². The number of amides is 1. The molecule has 5 nitrogen and oxygen atoms in total. The van der Waals surface area contributed by atoms with E-state index >= 15 is 0 Å². The highest BCUT2D eigenvalue weighted by molar-refractivity contribution is 5.96. The van der Waals surface area contributed by atoms with Crippen LogP contribution in [0.5, 0.6) is 11.5 Å². The van der Waals surface area contributed by atoms with E-state index in [4.69, 9.17) is 9.47 Å². The van der Waals surface area contributed by atoms with Crippen LogP contribution in [0.15, 0.2) is 30.3 Å². The Balaban J connectivity index is 1.78. The number of carbonyl (C=O) groups is 1. The molecule has 0 fully saturated rings. The highest BCUT2D eigenvalue weighted by Crippen LogP contribution is 2.38. The lowest BCUT2D eigenvalue weighted by molar-refractivity contribution is -0.116. The lowest BCUT2D eigenvalue weighted by atomic mass is 10.1. The maximum Gasteiger partial charge on any atom is 0.246 e. The van der Waals surface area contributed by atoms with Crippen molar-refractivity contribution in [2.24, 2.45) is 0 Å². The van der Waals surface area contributed by atoms with Crippen LogP contribution >= 0.6 is 0 Å². The number of nitrogens with one attached hydrogen (secondary N) is 2. The highest BCUT2D eigenvalue weighted by Gasteiger charge is 2.24. The van der Waals surface area contributed by atoms with E-state index in [0.29, 0.717) is 18.0 Å². The second-order valence-corrected chi connectivity index (χ2v) is 6.47. The van der Waals surface area contributed by atoms with Gasteiger partial charge in [-0.25, -0.2) is 8.78 Å². The predicted molar refractivity (Wildman–Crippen MR) is 99.5 cm³/mol. The van der Waals surface area contributed by atoms with Crippen molar-refractivity contribution in [3.05, 3.63) is 47.5 Å². The second-order valence-electron chi connectivity index (χ2n) is 6.47. The summed E-state index contributed by atoms with van der Waals surface area (Å²) >= 11 is 0. The Labute approximate surface area is 156 Å². The SMILES string of the molecule is CCOc1cc2c(cc1N[C@H](C)C(=O)Nc1c(F)cccc1F)O[C@@H](C)C2. The zero-order chi connectivity index (χ0) is 19.6. The topological polar surface area (TPSA) is 59.6 Å². The first kappa shape index (κ1) is 18.9. The Morgan fingerprint density at radius 1 is 1.33 bits per heavy atom. The average molecular weight is 376 g/mol. The van der Waals surface area contributed by atoms with Crippen LogP contribution in [0.25, 0.3) is 0 Å². The maximum absolute atomic E-state index is 13.7. The smallest absolute Gasteiger partial charge is 0.246 e. The zero-order valence-electron chi connectivity index (χ0n) is 15.4. The van der Waals surface area contributed by atoms with Crippen LogP contribution in [0.3, 0.4) is 0 Å². The normalized spacial score (nSPS) is 16.3. The summed E-state index contributed by atoms with van der Waals surface area (Å²) in [4.78, 5) is 12.4. The van der Waals surface area contributed by atoms with E-state index < -0.39 is 29.3 Å². The zero-order valence-corrected chi connectivity index (χ0v) is 15.4. The number of para-hydroxylation sites is 1. The Hall–Kier alpha value is -2.83. The minimum Gasteiger partial charge on any atom is -0.492 e. The monoisotopic (exact) mass is 376 g/mol. The van der Waals surface area contributed by atoms with E-state index in [2.05, 4.69) is 10.6 Å². The molecular formula is C20H22F2N2O3. The van der Waals surface area contributed by atoms with Crippen molar-refractivity contribution in [1.29, 1.82) is 0 Å². The Bertz CT molecular complexity index is 837. The first-order valence-corrected chi connectivity index (χ1v) is 8.86. The van der Waals surface area contributed by atoms with Crippen LogP contribution in [-0.4, -0.2) is 24.7 Å². The number of hydrogen-bond donors (Lipinski definition) is 2. The molecule has 0 saturated heterocycles. The molecule has 0 saturated carbocycles. The van der Waals surface area contributed by atoms with Gasteiger partial charge in [-0.1, -0.05) is 6.07 Å². The average Bonchev–Trinajstić information content (AvgIpc) is 2.97. The summed E-state index contributed by atoms with van der Waals surface area (Å²) in [7, 11) is 0. The third kappa shape index (κ3) is 4.13. The number of hydrogen-bond acceptors (Lipinski definition) is 4. The van der Waals surface area contributed by atoms with Gasteiger partial charge in [0.25, 0.3) is 0 Å². The first-order valence-electron chi connectivity index (χ1n) is 8.86.